The van der Waals surface area contributed by atoms with Crippen LogP contribution >= 0.6 is 11.3 Å². The fourth-order valence-corrected chi connectivity index (χ4v) is 3.31. The predicted octanol–water partition coefficient (Wildman–Crippen LogP) is 2.03. The van der Waals surface area contributed by atoms with Gasteiger partial charge in [0.25, 0.3) is 0 Å². The molecule has 1 aliphatic heterocycles. The van der Waals surface area contributed by atoms with Gasteiger partial charge in [-0.2, -0.15) is 11.3 Å². The van der Waals surface area contributed by atoms with Crippen molar-refractivity contribution in [1.82, 2.24) is 10.2 Å². The predicted molar refractivity (Wildman–Crippen MR) is 83.7 cm³/mol. The van der Waals surface area contributed by atoms with E-state index in [1.54, 1.807) is 23.2 Å². The number of rotatable bonds is 5. The lowest BCUT2D eigenvalue weighted by molar-refractivity contribution is -0.00432. The van der Waals surface area contributed by atoms with Gasteiger partial charge in [-0.1, -0.05) is 6.92 Å². The normalized spacial score (nSPS) is 21.9. The molecule has 0 radical (unpaired) electrons. The van der Waals surface area contributed by atoms with E-state index in [9.17, 15) is 9.90 Å². The maximum Gasteiger partial charge on any atom is 0.317 e. The summed E-state index contributed by atoms with van der Waals surface area (Å²) in [6.07, 6.45) is 0.116. The largest absolute Gasteiger partial charge is 0.393 e. The molecule has 3 atom stereocenters. The van der Waals surface area contributed by atoms with Crippen LogP contribution in [0.25, 0.3) is 0 Å². The molecule has 2 rings (SSSR count). The zero-order valence-corrected chi connectivity index (χ0v) is 13.4. The summed E-state index contributed by atoms with van der Waals surface area (Å²) in [6, 6.07) is 1.98. The molecule has 1 saturated heterocycles. The summed E-state index contributed by atoms with van der Waals surface area (Å²) in [5.74, 6) is 0.302. The Balaban J connectivity index is 1.85. The summed E-state index contributed by atoms with van der Waals surface area (Å²) >= 11 is 1.67. The highest BCUT2D eigenvalue weighted by molar-refractivity contribution is 7.07. The van der Waals surface area contributed by atoms with Crippen LogP contribution in [0.5, 0.6) is 0 Å². The van der Waals surface area contributed by atoms with Crippen molar-refractivity contribution in [2.45, 2.75) is 38.3 Å². The van der Waals surface area contributed by atoms with Gasteiger partial charge >= 0.3 is 6.03 Å². The van der Waals surface area contributed by atoms with E-state index in [0.29, 0.717) is 38.6 Å². The van der Waals surface area contributed by atoms with Crippen LogP contribution in [0.15, 0.2) is 16.8 Å². The SMILES string of the molecule is CC(O)CC1COCCN1C(=O)NCC(C)c1ccsc1. The first kappa shape index (κ1) is 16.3. The first-order valence-electron chi connectivity index (χ1n) is 7.40. The maximum absolute atomic E-state index is 12.3. The minimum atomic E-state index is -0.434. The molecule has 21 heavy (non-hydrogen) atoms. The molecular formula is C15H24N2O3S. The zero-order valence-electron chi connectivity index (χ0n) is 12.6. The van der Waals surface area contributed by atoms with Crippen molar-refractivity contribution >= 4 is 17.4 Å². The van der Waals surface area contributed by atoms with Crippen LogP contribution in [0.2, 0.25) is 0 Å². The third-order valence-corrected chi connectivity index (χ3v) is 4.47. The number of hydrogen-bond acceptors (Lipinski definition) is 4. The minimum absolute atomic E-state index is 0.0461. The molecule has 1 aromatic rings. The molecule has 0 bridgehead atoms. The van der Waals surface area contributed by atoms with Gasteiger partial charge in [0.2, 0.25) is 0 Å². The number of nitrogens with zero attached hydrogens (tertiary/aromatic N) is 1. The molecule has 1 aliphatic rings. The number of carbonyl (C=O) groups is 1. The van der Waals surface area contributed by atoms with E-state index in [2.05, 4.69) is 23.7 Å². The van der Waals surface area contributed by atoms with E-state index >= 15 is 0 Å². The standard InChI is InChI=1S/C15H24N2O3S/c1-11(13-3-6-21-10-13)8-16-15(19)17-4-5-20-9-14(17)7-12(2)18/h3,6,10-12,14,18H,4-5,7-9H2,1-2H3,(H,16,19). The Labute approximate surface area is 129 Å². The molecule has 118 valence electrons. The summed E-state index contributed by atoms with van der Waals surface area (Å²) in [5.41, 5.74) is 1.25. The minimum Gasteiger partial charge on any atom is -0.393 e. The molecular weight excluding hydrogens is 288 g/mol. The molecule has 1 aromatic heterocycles. The Morgan fingerprint density at radius 2 is 2.43 bits per heavy atom. The van der Waals surface area contributed by atoms with Gasteiger partial charge in [-0.25, -0.2) is 4.79 Å². The van der Waals surface area contributed by atoms with Crippen LogP contribution in [0.1, 0.15) is 31.7 Å². The van der Waals surface area contributed by atoms with Crippen molar-refractivity contribution in [2.75, 3.05) is 26.3 Å². The van der Waals surface area contributed by atoms with Crippen LogP contribution in [0, 0.1) is 0 Å². The number of hydrogen-bond donors (Lipinski definition) is 2. The lowest BCUT2D eigenvalue weighted by Gasteiger charge is -2.36. The lowest BCUT2D eigenvalue weighted by Crippen LogP contribution is -2.53. The van der Waals surface area contributed by atoms with Gasteiger partial charge in [-0.15, -0.1) is 0 Å². The molecule has 2 N–H and O–H groups in total. The number of morpholine rings is 1. The Bertz CT molecular complexity index is 436. The molecule has 6 heteroatoms. The average molecular weight is 312 g/mol. The van der Waals surface area contributed by atoms with Crippen molar-refractivity contribution in [2.24, 2.45) is 0 Å². The second-order valence-corrected chi connectivity index (χ2v) is 6.43. The molecule has 2 heterocycles. The number of aliphatic hydroxyl groups is 1. The second-order valence-electron chi connectivity index (χ2n) is 5.65. The summed E-state index contributed by atoms with van der Waals surface area (Å²) in [6.45, 7) is 6.10. The number of nitrogens with one attached hydrogen (secondary N) is 1. The number of thiophene rings is 1. The van der Waals surface area contributed by atoms with Crippen molar-refractivity contribution in [3.63, 3.8) is 0 Å². The summed E-state index contributed by atoms with van der Waals surface area (Å²) in [7, 11) is 0. The molecule has 0 spiro atoms. The molecule has 2 amide bonds. The van der Waals surface area contributed by atoms with Gasteiger partial charge in [0.15, 0.2) is 0 Å². The molecule has 1 fully saturated rings. The van der Waals surface area contributed by atoms with Crippen LogP contribution in [-0.2, 0) is 4.74 Å². The van der Waals surface area contributed by atoms with Gasteiger partial charge in [-0.05, 0) is 41.7 Å². The van der Waals surface area contributed by atoms with E-state index in [0.717, 1.165) is 0 Å². The average Bonchev–Trinajstić information content (AvgIpc) is 2.98. The third kappa shape index (κ3) is 4.69. The van der Waals surface area contributed by atoms with Crippen molar-refractivity contribution in [1.29, 1.82) is 0 Å². The fourth-order valence-electron chi connectivity index (χ4n) is 2.53. The molecule has 3 unspecified atom stereocenters. The summed E-state index contributed by atoms with van der Waals surface area (Å²) in [4.78, 5) is 14.1. The van der Waals surface area contributed by atoms with Gasteiger partial charge in [0.1, 0.15) is 0 Å². The molecule has 0 aliphatic carbocycles. The summed E-state index contributed by atoms with van der Waals surface area (Å²) in [5, 5.41) is 16.7. The van der Waals surface area contributed by atoms with E-state index in [1.807, 2.05) is 5.38 Å². The molecule has 5 nitrogen and oxygen atoms in total. The topological polar surface area (TPSA) is 61.8 Å². The van der Waals surface area contributed by atoms with E-state index in [1.165, 1.54) is 5.56 Å². The Kier molecular flexibility index (Phi) is 6.02. The van der Waals surface area contributed by atoms with Crippen molar-refractivity contribution < 1.29 is 14.6 Å². The monoisotopic (exact) mass is 312 g/mol. The lowest BCUT2D eigenvalue weighted by atomic mass is 10.1. The number of carbonyl (C=O) groups excluding carboxylic acids is 1. The van der Waals surface area contributed by atoms with Gasteiger partial charge in [0, 0.05) is 13.1 Å². The Hall–Kier alpha value is -1.11. The van der Waals surface area contributed by atoms with Crippen LogP contribution < -0.4 is 5.32 Å². The number of amides is 2. The first-order chi connectivity index (χ1) is 10.1. The van der Waals surface area contributed by atoms with Crippen LogP contribution in [-0.4, -0.2) is 54.5 Å². The quantitative estimate of drug-likeness (QED) is 0.874. The van der Waals surface area contributed by atoms with Crippen molar-refractivity contribution in [3.05, 3.63) is 22.4 Å². The van der Waals surface area contributed by atoms with E-state index in [-0.39, 0.29) is 12.1 Å². The van der Waals surface area contributed by atoms with Crippen molar-refractivity contribution in [3.8, 4) is 0 Å². The third-order valence-electron chi connectivity index (χ3n) is 3.77. The highest BCUT2D eigenvalue weighted by Gasteiger charge is 2.28. The maximum atomic E-state index is 12.3. The number of urea groups is 1. The first-order valence-corrected chi connectivity index (χ1v) is 8.34. The van der Waals surface area contributed by atoms with Crippen LogP contribution in [0.4, 0.5) is 4.79 Å². The van der Waals surface area contributed by atoms with Gasteiger partial charge < -0.3 is 20.1 Å². The zero-order chi connectivity index (χ0) is 15.2. The molecule has 0 saturated carbocycles. The van der Waals surface area contributed by atoms with E-state index < -0.39 is 6.10 Å². The van der Waals surface area contributed by atoms with Gasteiger partial charge in [-0.3, -0.25) is 0 Å². The molecule has 0 aromatic carbocycles. The smallest absolute Gasteiger partial charge is 0.317 e. The number of aliphatic hydroxyl groups excluding tert-OH is 1. The second kappa shape index (κ2) is 7.77. The van der Waals surface area contributed by atoms with E-state index in [4.69, 9.17) is 4.74 Å². The Morgan fingerprint density at radius 3 is 3.10 bits per heavy atom. The Morgan fingerprint density at radius 1 is 1.62 bits per heavy atom. The number of ether oxygens (including phenoxy) is 1. The van der Waals surface area contributed by atoms with Gasteiger partial charge in [0.05, 0.1) is 25.4 Å². The fraction of sp³-hybridized carbons (Fsp3) is 0.667. The van der Waals surface area contributed by atoms with Crippen LogP contribution in [0.3, 0.4) is 0 Å². The highest BCUT2D eigenvalue weighted by atomic mass is 32.1. The highest BCUT2D eigenvalue weighted by Crippen LogP contribution is 2.18. The summed E-state index contributed by atoms with van der Waals surface area (Å²) < 4.78 is 5.42.